The highest BCUT2D eigenvalue weighted by molar-refractivity contribution is 5.58. The van der Waals surface area contributed by atoms with E-state index in [9.17, 15) is 0 Å². The van der Waals surface area contributed by atoms with Crippen LogP contribution in [0.2, 0.25) is 0 Å². The molecule has 2 heteroatoms. The maximum atomic E-state index is 6.13. The van der Waals surface area contributed by atoms with Crippen LogP contribution in [0.15, 0.2) is 24.3 Å². The highest BCUT2D eigenvalue weighted by Gasteiger charge is 2.28. The molecular weight excluding hydrogens is 184 g/mol. The molecule has 15 heavy (non-hydrogen) atoms. The molecule has 0 bridgehead atoms. The van der Waals surface area contributed by atoms with Crippen molar-refractivity contribution in [2.45, 2.75) is 38.8 Å². The summed E-state index contributed by atoms with van der Waals surface area (Å²) in [6, 6.07) is 8.71. The van der Waals surface area contributed by atoms with Gasteiger partial charge in [0.2, 0.25) is 0 Å². The van der Waals surface area contributed by atoms with Crippen molar-refractivity contribution in [3.63, 3.8) is 0 Å². The van der Waals surface area contributed by atoms with Crippen molar-refractivity contribution in [1.82, 2.24) is 0 Å². The van der Waals surface area contributed by atoms with E-state index in [0.717, 1.165) is 13.0 Å². The quantitative estimate of drug-likeness (QED) is 0.704. The predicted octanol–water partition coefficient (Wildman–Crippen LogP) is 2.70. The van der Waals surface area contributed by atoms with E-state index in [0.29, 0.717) is 0 Å². The second-order valence-corrected chi connectivity index (χ2v) is 5.28. The second-order valence-electron chi connectivity index (χ2n) is 5.28. The first-order valence-corrected chi connectivity index (χ1v) is 5.62. The van der Waals surface area contributed by atoms with Gasteiger partial charge in [-0.3, -0.25) is 0 Å². The van der Waals surface area contributed by atoms with Gasteiger partial charge in [-0.05, 0) is 38.8 Å². The zero-order valence-electron chi connectivity index (χ0n) is 9.83. The number of nitrogens with zero attached hydrogens (tertiary/aromatic N) is 1. The summed E-state index contributed by atoms with van der Waals surface area (Å²) in [5, 5.41) is 0. The Morgan fingerprint density at radius 2 is 1.93 bits per heavy atom. The Labute approximate surface area is 92.1 Å². The molecule has 1 aliphatic rings. The van der Waals surface area contributed by atoms with Gasteiger partial charge in [0.25, 0.3) is 0 Å². The molecule has 0 fully saturated rings. The van der Waals surface area contributed by atoms with E-state index >= 15 is 0 Å². The Morgan fingerprint density at radius 3 is 2.60 bits per heavy atom. The lowest BCUT2D eigenvalue weighted by Crippen LogP contribution is -2.46. The van der Waals surface area contributed by atoms with E-state index in [1.165, 1.54) is 11.3 Å². The fourth-order valence-corrected chi connectivity index (χ4v) is 2.29. The SMILES string of the molecule is CC(C)(C)N1CCC(N)c2ccccc21. The van der Waals surface area contributed by atoms with Crippen molar-refractivity contribution >= 4 is 5.69 Å². The molecule has 0 aromatic heterocycles. The normalized spacial score (nSPS) is 21.3. The molecule has 1 unspecified atom stereocenters. The maximum absolute atomic E-state index is 6.13. The van der Waals surface area contributed by atoms with Gasteiger partial charge in [0.05, 0.1) is 0 Å². The number of anilines is 1. The molecule has 0 aliphatic carbocycles. The van der Waals surface area contributed by atoms with E-state index in [-0.39, 0.29) is 11.6 Å². The Bertz CT molecular complexity index is 352. The third-order valence-corrected chi connectivity index (χ3v) is 3.10. The van der Waals surface area contributed by atoms with E-state index in [1.54, 1.807) is 0 Å². The molecule has 0 amide bonds. The van der Waals surface area contributed by atoms with Gasteiger partial charge in [-0.2, -0.15) is 0 Å². The van der Waals surface area contributed by atoms with Crippen LogP contribution in [0.1, 0.15) is 38.8 Å². The third-order valence-electron chi connectivity index (χ3n) is 3.10. The average molecular weight is 204 g/mol. The summed E-state index contributed by atoms with van der Waals surface area (Å²) in [6.45, 7) is 7.81. The molecule has 0 saturated carbocycles. The minimum atomic E-state index is 0.177. The molecule has 82 valence electrons. The number of benzene rings is 1. The van der Waals surface area contributed by atoms with Crippen molar-refractivity contribution in [3.8, 4) is 0 Å². The molecule has 1 aromatic carbocycles. The number of fused-ring (bicyclic) bond motifs is 1. The number of hydrogen-bond donors (Lipinski definition) is 1. The Morgan fingerprint density at radius 1 is 1.27 bits per heavy atom. The summed E-state index contributed by atoms with van der Waals surface area (Å²) in [5.74, 6) is 0. The van der Waals surface area contributed by atoms with Gasteiger partial charge < -0.3 is 10.6 Å². The molecular formula is C13H20N2. The Balaban J connectivity index is 2.45. The van der Waals surface area contributed by atoms with Gasteiger partial charge in [0.1, 0.15) is 0 Å². The van der Waals surface area contributed by atoms with Gasteiger partial charge in [-0.1, -0.05) is 18.2 Å². The van der Waals surface area contributed by atoms with E-state index in [4.69, 9.17) is 5.73 Å². The second kappa shape index (κ2) is 3.53. The number of nitrogens with two attached hydrogens (primary N) is 1. The molecule has 0 saturated heterocycles. The van der Waals surface area contributed by atoms with Crippen LogP contribution in [-0.2, 0) is 0 Å². The topological polar surface area (TPSA) is 29.3 Å². The van der Waals surface area contributed by atoms with Crippen LogP contribution in [0, 0.1) is 0 Å². The van der Waals surface area contributed by atoms with Crippen LogP contribution in [0.4, 0.5) is 5.69 Å². The number of para-hydroxylation sites is 1. The first-order valence-electron chi connectivity index (χ1n) is 5.62. The van der Waals surface area contributed by atoms with Crippen LogP contribution in [-0.4, -0.2) is 12.1 Å². The maximum Gasteiger partial charge on any atom is 0.0419 e. The van der Waals surface area contributed by atoms with Crippen LogP contribution in [0.3, 0.4) is 0 Å². The van der Waals surface area contributed by atoms with Crippen molar-refractivity contribution in [2.24, 2.45) is 5.73 Å². The van der Waals surface area contributed by atoms with Crippen LogP contribution >= 0.6 is 0 Å². The third kappa shape index (κ3) is 1.86. The fraction of sp³-hybridized carbons (Fsp3) is 0.538. The predicted molar refractivity (Wildman–Crippen MR) is 65.1 cm³/mol. The fourth-order valence-electron chi connectivity index (χ4n) is 2.29. The first kappa shape index (κ1) is 10.5. The lowest BCUT2D eigenvalue weighted by atomic mass is 9.93. The molecule has 1 aliphatic heterocycles. The standard InChI is InChI=1S/C13H20N2/c1-13(2,3)15-9-8-11(14)10-6-4-5-7-12(10)15/h4-7,11H,8-9,14H2,1-3H3. The molecule has 1 heterocycles. The van der Waals surface area contributed by atoms with Crippen molar-refractivity contribution in [3.05, 3.63) is 29.8 Å². The Kier molecular flexibility index (Phi) is 2.47. The molecule has 0 spiro atoms. The lowest BCUT2D eigenvalue weighted by molar-refractivity contribution is 0.461. The van der Waals surface area contributed by atoms with Gasteiger partial charge >= 0.3 is 0 Å². The summed E-state index contributed by atoms with van der Waals surface area (Å²) in [7, 11) is 0. The first-order chi connectivity index (χ1) is 7.00. The van der Waals surface area contributed by atoms with Gasteiger partial charge in [-0.15, -0.1) is 0 Å². The molecule has 0 radical (unpaired) electrons. The summed E-state index contributed by atoms with van der Waals surface area (Å²) in [5.41, 5.74) is 8.90. The highest BCUT2D eigenvalue weighted by atomic mass is 15.2. The molecule has 2 rings (SSSR count). The van der Waals surface area contributed by atoms with Gasteiger partial charge in [0, 0.05) is 23.8 Å². The van der Waals surface area contributed by atoms with Crippen LogP contribution in [0.5, 0.6) is 0 Å². The lowest BCUT2D eigenvalue weighted by Gasteiger charge is -2.43. The summed E-state index contributed by atoms with van der Waals surface area (Å²) in [4.78, 5) is 2.45. The van der Waals surface area contributed by atoms with E-state index < -0.39 is 0 Å². The highest BCUT2D eigenvalue weighted by Crippen LogP contribution is 2.35. The molecule has 2 nitrogen and oxygen atoms in total. The van der Waals surface area contributed by atoms with E-state index in [1.807, 2.05) is 0 Å². The zero-order chi connectivity index (χ0) is 11.1. The smallest absolute Gasteiger partial charge is 0.0419 e. The van der Waals surface area contributed by atoms with Crippen molar-refractivity contribution < 1.29 is 0 Å². The van der Waals surface area contributed by atoms with E-state index in [2.05, 4.69) is 49.9 Å². The monoisotopic (exact) mass is 204 g/mol. The largest absolute Gasteiger partial charge is 0.366 e. The average Bonchev–Trinajstić information content (AvgIpc) is 2.17. The minimum absolute atomic E-state index is 0.177. The van der Waals surface area contributed by atoms with Crippen LogP contribution < -0.4 is 10.6 Å². The number of hydrogen-bond acceptors (Lipinski definition) is 2. The molecule has 1 atom stereocenters. The summed E-state index contributed by atoms with van der Waals surface area (Å²) in [6.07, 6.45) is 1.05. The summed E-state index contributed by atoms with van der Waals surface area (Å²) < 4.78 is 0. The minimum Gasteiger partial charge on any atom is -0.366 e. The van der Waals surface area contributed by atoms with Crippen molar-refractivity contribution in [2.75, 3.05) is 11.4 Å². The zero-order valence-corrected chi connectivity index (χ0v) is 9.83. The van der Waals surface area contributed by atoms with Crippen LogP contribution in [0.25, 0.3) is 0 Å². The summed E-state index contributed by atoms with van der Waals surface area (Å²) >= 11 is 0. The van der Waals surface area contributed by atoms with Gasteiger partial charge in [0.15, 0.2) is 0 Å². The molecule has 2 N–H and O–H groups in total. The molecule has 1 aromatic rings. The van der Waals surface area contributed by atoms with Crippen molar-refractivity contribution in [1.29, 1.82) is 0 Å². The number of rotatable bonds is 0. The Hall–Kier alpha value is -1.02. The van der Waals surface area contributed by atoms with Gasteiger partial charge in [-0.25, -0.2) is 0 Å².